The topological polar surface area (TPSA) is 56.5 Å². The van der Waals surface area contributed by atoms with Crippen LogP contribution in [-0.4, -0.2) is 27.5 Å². The summed E-state index contributed by atoms with van der Waals surface area (Å²) in [6.07, 6.45) is 3.03. The smallest absolute Gasteiger partial charge is 0.183 e. The van der Waals surface area contributed by atoms with Gasteiger partial charge in [-0.25, -0.2) is 9.50 Å². The number of hydrogen-bond donors (Lipinski definition) is 0. The molecule has 0 saturated heterocycles. The molecule has 0 radical (unpaired) electrons. The third-order valence-electron chi connectivity index (χ3n) is 3.49. The number of carbonyl (C=O) groups is 1. The Bertz CT molecular complexity index is 824. The Hall–Kier alpha value is -2.69. The monoisotopic (exact) mass is 295 g/mol. The second kappa shape index (κ2) is 5.97. The first-order valence-electron chi connectivity index (χ1n) is 7.25. The third-order valence-corrected chi connectivity index (χ3v) is 3.49. The number of Topliss-reactive ketones (excluding diaryl/α,β-unsaturated/α-hetero) is 1. The van der Waals surface area contributed by atoms with Gasteiger partial charge in [0.2, 0.25) is 0 Å². The maximum absolute atomic E-state index is 12.0. The van der Waals surface area contributed by atoms with Crippen LogP contribution in [-0.2, 0) is 0 Å². The van der Waals surface area contributed by atoms with Gasteiger partial charge in [0.15, 0.2) is 11.4 Å². The van der Waals surface area contributed by atoms with Crippen molar-refractivity contribution >= 4 is 11.4 Å². The molecule has 0 spiro atoms. The van der Waals surface area contributed by atoms with Crippen LogP contribution in [0.2, 0.25) is 0 Å². The van der Waals surface area contributed by atoms with Crippen molar-refractivity contribution in [3.63, 3.8) is 0 Å². The van der Waals surface area contributed by atoms with E-state index in [1.807, 2.05) is 37.3 Å². The highest BCUT2D eigenvalue weighted by Gasteiger charge is 2.13. The molecule has 0 saturated carbocycles. The number of ether oxygens (including phenoxy) is 1. The molecule has 5 nitrogen and oxygen atoms in total. The average Bonchev–Trinajstić information content (AvgIpc) is 2.99. The summed E-state index contributed by atoms with van der Waals surface area (Å²) in [7, 11) is 1.64. The minimum absolute atomic E-state index is 0.0459. The molecule has 3 aromatic rings. The SMILES string of the molecule is CCCC(=O)c1cc2nccc(-c3cccc(OC)c3)n2n1. The molecule has 0 aliphatic rings. The van der Waals surface area contributed by atoms with Crippen LogP contribution in [0.5, 0.6) is 5.75 Å². The lowest BCUT2D eigenvalue weighted by Gasteiger charge is -2.06. The molecular weight excluding hydrogens is 278 g/mol. The summed E-state index contributed by atoms with van der Waals surface area (Å²) in [6, 6.07) is 11.3. The first-order valence-corrected chi connectivity index (χ1v) is 7.25. The van der Waals surface area contributed by atoms with Crippen LogP contribution in [0.3, 0.4) is 0 Å². The quantitative estimate of drug-likeness (QED) is 0.677. The number of carbonyl (C=O) groups excluding carboxylic acids is 1. The Balaban J connectivity index is 2.11. The summed E-state index contributed by atoms with van der Waals surface area (Å²) in [4.78, 5) is 16.3. The molecule has 0 fully saturated rings. The van der Waals surface area contributed by atoms with Crippen LogP contribution in [0.25, 0.3) is 16.9 Å². The molecule has 3 rings (SSSR count). The van der Waals surface area contributed by atoms with E-state index in [2.05, 4.69) is 10.1 Å². The molecule has 22 heavy (non-hydrogen) atoms. The molecule has 2 aromatic heterocycles. The summed E-state index contributed by atoms with van der Waals surface area (Å²) in [5, 5.41) is 4.43. The van der Waals surface area contributed by atoms with E-state index in [1.54, 1.807) is 23.9 Å². The summed E-state index contributed by atoms with van der Waals surface area (Å²) < 4.78 is 6.97. The minimum atomic E-state index is 0.0459. The van der Waals surface area contributed by atoms with Crippen molar-refractivity contribution in [2.75, 3.05) is 7.11 Å². The zero-order chi connectivity index (χ0) is 15.5. The van der Waals surface area contributed by atoms with Crippen LogP contribution in [0.1, 0.15) is 30.3 Å². The summed E-state index contributed by atoms with van der Waals surface area (Å²) in [5.41, 5.74) is 2.97. The Morgan fingerprint density at radius 2 is 2.14 bits per heavy atom. The molecule has 0 aliphatic heterocycles. The van der Waals surface area contributed by atoms with Crippen molar-refractivity contribution in [3.8, 4) is 17.0 Å². The number of benzene rings is 1. The number of ketones is 1. The lowest BCUT2D eigenvalue weighted by Crippen LogP contribution is -2.01. The van der Waals surface area contributed by atoms with Crippen LogP contribution in [0, 0.1) is 0 Å². The van der Waals surface area contributed by atoms with E-state index in [4.69, 9.17) is 4.74 Å². The van der Waals surface area contributed by atoms with Gasteiger partial charge in [-0.2, -0.15) is 5.10 Å². The van der Waals surface area contributed by atoms with Gasteiger partial charge in [-0.1, -0.05) is 19.1 Å². The second-order valence-corrected chi connectivity index (χ2v) is 5.03. The van der Waals surface area contributed by atoms with Crippen molar-refractivity contribution in [1.29, 1.82) is 0 Å². The highest BCUT2D eigenvalue weighted by atomic mass is 16.5. The molecule has 5 heteroatoms. The Morgan fingerprint density at radius 1 is 1.27 bits per heavy atom. The normalized spacial score (nSPS) is 10.8. The van der Waals surface area contributed by atoms with Gasteiger partial charge in [-0.15, -0.1) is 0 Å². The van der Waals surface area contributed by atoms with Gasteiger partial charge in [0.25, 0.3) is 0 Å². The standard InChI is InChI=1S/C17H17N3O2/c1-3-5-16(21)14-11-17-18-9-8-15(20(17)19-14)12-6-4-7-13(10-12)22-2/h4,6-11H,3,5H2,1-2H3. The van der Waals surface area contributed by atoms with Gasteiger partial charge in [0.1, 0.15) is 11.4 Å². The second-order valence-electron chi connectivity index (χ2n) is 5.03. The predicted octanol–water partition coefficient (Wildman–Crippen LogP) is 3.39. The Kier molecular flexibility index (Phi) is 3.87. The van der Waals surface area contributed by atoms with Crippen molar-refractivity contribution < 1.29 is 9.53 Å². The van der Waals surface area contributed by atoms with E-state index in [-0.39, 0.29) is 5.78 Å². The lowest BCUT2D eigenvalue weighted by atomic mass is 10.1. The van der Waals surface area contributed by atoms with E-state index in [0.717, 1.165) is 23.4 Å². The van der Waals surface area contributed by atoms with Gasteiger partial charge >= 0.3 is 0 Å². The van der Waals surface area contributed by atoms with E-state index < -0.39 is 0 Å². The zero-order valence-corrected chi connectivity index (χ0v) is 12.6. The molecule has 0 bridgehead atoms. The number of hydrogen-bond acceptors (Lipinski definition) is 4. The average molecular weight is 295 g/mol. The van der Waals surface area contributed by atoms with E-state index >= 15 is 0 Å². The molecule has 0 atom stereocenters. The number of aromatic nitrogens is 3. The molecule has 0 amide bonds. The molecular formula is C17H17N3O2. The third kappa shape index (κ3) is 2.57. The van der Waals surface area contributed by atoms with Gasteiger partial charge in [0, 0.05) is 24.2 Å². The van der Waals surface area contributed by atoms with E-state index in [9.17, 15) is 4.79 Å². The van der Waals surface area contributed by atoms with Crippen LogP contribution in [0.15, 0.2) is 42.6 Å². The maximum atomic E-state index is 12.0. The molecule has 0 N–H and O–H groups in total. The van der Waals surface area contributed by atoms with Gasteiger partial charge < -0.3 is 4.74 Å². The lowest BCUT2D eigenvalue weighted by molar-refractivity contribution is 0.0976. The van der Waals surface area contributed by atoms with E-state index in [1.165, 1.54) is 0 Å². The van der Waals surface area contributed by atoms with E-state index in [0.29, 0.717) is 17.8 Å². The van der Waals surface area contributed by atoms with Crippen molar-refractivity contribution in [2.45, 2.75) is 19.8 Å². The summed E-state index contributed by atoms with van der Waals surface area (Å²) in [5.74, 6) is 0.821. The molecule has 1 aromatic carbocycles. The van der Waals surface area contributed by atoms with Gasteiger partial charge in [-0.05, 0) is 24.6 Å². The van der Waals surface area contributed by atoms with Gasteiger partial charge in [0.05, 0.1) is 12.8 Å². The number of methoxy groups -OCH3 is 1. The molecule has 0 unspecified atom stereocenters. The van der Waals surface area contributed by atoms with Crippen molar-refractivity contribution in [1.82, 2.24) is 14.6 Å². The molecule has 0 aliphatic carbocycles. The fraction of sp³-hybridized carbons (Fsp3) is 0.235. The fourth-order valence-electron chi connectivity index (χ4n) is 2.39. The highest BCUT2D eigenvalue weighted by Crippen LogP contribution is 2.24. The number of nitrogens with zero attached hydrogens (tertiary/aromatic N) is 3. The first-order chi connectivity index (χ1) is 10.7. The summed E-state index contributed by atoms with van der Waals surface area (Å²) >= 11 is 0. The fourth-order valence-corrected chi connectivity index (χ4v) is 2.39. The molecule has 2 heterocycles. The molecule has 112 valence electrons. The highest BCUT2D eigenvalue weighted by molar-refractivity contribution is 5.95. The Labute approximate surface area is 128 Å². The first kappa shape index (κ1) is 14.3. The van der Waals surface area contributed by atoms with Crippen molar-refractivity contribution in [3.05, 3.63) is 48.3 Å². The number of fused-ring (bicyclic) bond motifs is 1. The largest absolute Gasteiger partial charge is 0.497 e. The maximum Gasteiger partial charge on any atom is 0.183 e. The minimum Gasteiger partial charge on any atom is -0.497 e. The Morgan fingerprint density at radius 3 is 2.91 bits per heavy atom. The van der Waals surface area contributed by atoms with Crippen LogP contribution < -0.4 is 4.74 Å². The van der Waals surface area contributed by atoms with Crippen LogP contribution in [0.4, 0.5) is 0 Å². The van der Waals surface area contributed by atoms with Crippen molar-refractivity contribution in [2.24, 2.45) is 0 Å². The number of rotatable bonds is 5. The zero-order valence-electron chi connectivity index (χ0n) is 12.6. The van der Waals surface area contributed by atoms with Crippen LogP contribution >= 0.6 is 0 Å². The summed E-state index contributed by atoms with van der Waals surface area (Å²) in [6.45, 7) is 1.98. The predicted molar refractivity (Wildman–Crippen MR) is 84.2 cm³/mol. The van der Waals surface area contributed by atoms with Gasteiger partial charge in [-0.3, -0.25) is 4.79 Å².